The van der Waals surface area contributed by atoms with Crippen molar-refractivity contribution in [2.75, 3.05) is 141 Å². The van der Waals surface area contributed by atoms with Gasteiger partial charge in [0.25, 0.3) is 11.8 Å². The number of carboxylic acid groups (broad SMARTS) is 1. The van der Waals surface area contributed by atoms with Crippen LogP contribution in [0.5, 0.6) is 23.0 Å². The van der Waals surface area contributed by atoms with Crippen LogP contribution in [0.1, 0.15) is 143 Å². The van der Waals surface area contributed by atoms with Gasteiger partial charge < -0.3 is 105 Å². The molecule has 0 aromatic heterocycles. The molecule has 0 spiro atoms. The van der Waals surface area contributed by atoms with Gasteiger partial charge in [0.1, 0.15) is 56.6 Å². The third-order valence-corrected chi connectivity index (χ3v) is 21.9. The van der Waals surface area contributed by atoms with Crippen LogP contribution in [-0.2, 0) is 94.4 Å². The maximum Gasteiger partial charge on any atom is 0.414 e. The molecular formula is C88H114F2N12O26. The summed E-state index contributed by atoms with van der Waals surface area (Å²) in [6.45, 7) is 3.51. The van der Waals surface area contributed by atoms with Gasteiger partial charge >= 0.3 is 18.2 Å². The molecule has 128 heavy (non-hydrogen) atoms. The number of carbonyl (C=O) groups is 15. The summed E-state index contributed by atoms with van der Waals surface area (Å²) in [6, 6.07) is 11.3. The third-order valence-electron chi connectivity index (χ3n) is 21.9. The Morgan fingerprint density at radius 2 is 1.04 bits per heavy atom. The number of fused-ring (bicyclic) bond motifs is 2. The zero-order valence-electron chi connectivity index (χ0n) is 72.8. The summed E-state index contributed by atoms with van der Waals surface area (Å²) in [5, 5.41) is 30.4. The van der Waals surface area contributed by atoms with Gasteiger partial charge in [-0.15, -0.1) is 0 Å². The molecule has 4 aromatic carbocycles. The molecule has 0 radical (unpaired) electrons. The van der Waals surface area contributed by atoms with Gasteiger partial charge in [0.05, 0.1) is 114 Å². The highest BCUT2D eigenvalue weighted by Crippen LogP contribution is 2.44. The number of methoxy groups -OCH3 is 4. The Hall–Kier alpha value is -12.4. The fourth-order valence-electron chi connectivity index (χ4n) is 15.1. The largest absolute Gasteiger partial charge is 0.493 e. The molecule has 40 heteroatoms. The summed E-state index contributed by atoms with van der Waals surface area (Å²) >= 11 is 0. The summed E-state index contributed by atoms with van der Waals surface area (Å²) in [7, 11) is 5.67. The number of hydrogen-bond donors (Lipinski definition) is 9. The molecule has 1 unspecified atom stereocenters. The standard InChI is InChI=1S/C88H114F2N12O26/c1-52-36-62(103)40-67(96-77(106)16-12-29-91-76(105)25-26-80(109)110)71(104)37-53(2)82(112)98-66(15-9-11-28-93-79(108)51-124-35-33-120-5)84(114)95-60-23-19-56(20-24-60)49-128-88(118)102-54(3)68-39-58(90)46-100(68)86(116)64-42-73(122-7)75(44-70(64)102)126-31-13-30-125-74-43-69-63(41-72(74)121-6)85(115)99-45-57(89)38-61(99)47-101(69)87(117)127-48-55-17-21-59(22-18-55)94-83(113)65(97-81(52)111)14-8-10-27-92-78(107)50-123-34-32-119-4/h17-26,41-44,52-54,57-58,61,65-68H,8-16,27-40,45-51H2,1-7H3,(H,91,105)(H,92,107)(H,93,108)(H,94,113)(H,95,114)(H,96,106)(H,97,111)(H,98,112)(H,109,110)/t52-,53-,54?,57-,58-,61+,65+,66+,67-,68+/m1/s1. The smallest absolute Gasteiger partial charge is 0.414 e. The summed E-state index contributed by atoms with van der Waals surface area (Å²) in [5.74, 6) is -11.5. The molecule has 0 saturated carbocycles. The van der Waals surface area contributed by atoms with Gasteiger partial charge in [0.15, 0.2) is 28.8 Å². The number of ketones is 2. The van der Waals surface area contributed by atoms with E-state index in [0.29, 0.717) is 30.0 Å². The van der Waals surface area contributed by atoms with E-state index in [9.17, 15) is 71.9 Å². The molecule has 8 aliphatic heterocycles. The lowest BCUT2D eigenvalue weighted by Crippen LogP contribution is -2.49. The molecule has 10 atom stereocenters. The fourth-order valence-corrected chi connectivity index (χ4v) is 15.1. The number of rotatable bonds is 29. The number of nitrogens with zero attached hydrogens (tertiary/aromatic N) is 4. The first-order valence-electron chi connectivity index (χ1n) is 42.6. The Kier molecular flexibility index (Phi) is 38.5. The van der Waals surface area contributed by atoms with Crippen molar-refractivity contribution >= 4 is 112 Å². The number of Topliss-reactive ketones (excluding diaryl/α,β-unsaturated/α-hetero) is 2. The highest BCUT2D eigenvalue weighted by atomic mass is 19.1. The Bertz CT molecular complexity index is 4620. The summed E-state index contributed by atoms with van der Waals surface area (Å²) < 4.78 is 87.2. The number of halogens is 2. The number of alkyl halides is 2. The molecule has 12 rings (SSSR count). The maximum absolute atomic E-state index is 15.4. The maximum atomic E-state index is 15.4. The van der Waals surface area contributed by atoms with Crippen LogP contribution in [0.3, 0.4) is 0 Å². The van der Waals surface area contributed by atoms with Crippen molar-refractivity contribution in [2.45, 2.75) is 172 Å². The zero-order chi connectivity index (χ0) is 92.5. The van der Waals surface area contributed by atoms with Gasteiger partial charge in [-0.25, -0.2) is 23.2 Å². The molecule has 2 saturated heterocycles. The van der Waals surface area contributed by atoms with Crippen LogP contribution in [0.15, 0.2) is 84.9 Å². The van der Waals surface area contributed by atoms with Crippen molar-refractivity contribution in [1.82, 2.24) is 41.7 Å². The molecule has 8 aliphatic rings. The third kappa shape index (κ3) is 29.3. The molecule has 4 aromatic rings. The van der Waals surface area contributed by atoms with Crippen molar-refractivity contribution < 1.29 is 133 Å². The lowest BCUT2D eigenvalue weighted by atomic mass is 9.93. The molecule has 38 nitrogen and oxygen atoms in total. The van der Waals surface area contributed by atoms with Gasteiger partial charge in [-0.1, -0.05) is 38.1 Å². The van der Waals surface area contributed by atoms with E-state index in [1.807, 2.05) is 0 Å². The first-order valence-corrected chi connectivity index (χ1v) is 42.6. The topological polar surface area (TPSA) is 478 Å². The van der Waals surface area contributed by atoms with Crippen LogP contribution in [0.4, 0.5) is 41.1 Å². The molecule has 8 heterocycles. The lowest BCUT2D eigenvalue weighted by molar-refractivity contribution is -0.134. The Morgan fingerprint density at radius 1 is 0.539 bits per heavy atom. The van der Waals surface area contributed by atoms with Crippen LogP contribution in [0.25, 0.3) is 0 Å². The molecule has 8 bridgehead atoms. The lowest BCUT2D eigenvalue weighted by Gasteiger charge is -2.33. The Balaban J connectivity index is 1.00. The highest BCUT2D eigenvalue weighted by Gasteiger charge is 2.48. The number of anilines is 4. The molecule has 696 valence electrons. The van der Waals surface area contributed by atoms with E-state index in [1.165, 1.54) is 110 Å². The van der Waals surface area contributed by atoms with Crippen LogP contribution >= 0.6 is 0 Å². The van der Waals surface area contributed by atoms with Gasteiger partial charge in [-0.05, 0) is 99.4 Å². The van der Waals surface area contributed by atoms with E-state index >= 15 is 8.78 Å². The normalized spacial score (nSPS) is 22.0. The second-order valence-electron chi connectivity index (χ2n) is 31.6. The SMILES string of the molecule is COCCOCC(=O)NCCCC[C@@H]1NC(=O)[C@H](C)CC(=O)C[C@@H](NC(=O)CCCNC(=O)C=CC(=O)O)C(=O)C[C@@H](C)C(=O)N[C@@H](CCCCNC(=O)COCCOC)C(=O)Nc2ccc(cc2)COC(=O)N2c3cc(c(OC)cc3C(=O)N3C[C@H](F)C[C@H]3C2C)OCCCOc2cc3c(cc2OC)C(=O)N2C[C@H](F)C[C@H]2CN3C(=O)OCc2ccc(cc2)NC1=O. The minimum Gasteiger partial charge on any atom is -0.493 e. The fraction of sp³-hybridized carbons (Fsp3) is 0.534. The van der Waals surface area contributed by atoms with Gasteiger partial charge in [-0.2, -0.15) is 0 Å². The number of benzene rings is 4. The molecule has 0 aliphatic carbocycles. The van der Waals surface area contributed by atoms with Crippen LogP contribution < -0.4 is 71.3 Å². The van der Waals surface area contributed by atoms with Gasteiger partial charge in [0.2, 0.25) is 47.3 Å². The molecule has 12 amide bonds. The van der Waals surface area contributed by atoms with Gasteiger partial charge in [-0.3, -0.25) is 67.3 Å². The first kappa shape index (κ1) is 99.3. The number of nitrogens with one attached hydrogen (secondary N) is 8. The molecule has 2 fully saturated rings. The van der Waals surface area contributed by atoms with Gasteiger partial charge in [0, 0.05) is 133 Å². The number of hydrogen-bond acceptors (Lipinski definition) is 25. The predicted octanol–water partition coefficient (Wildman–Crippen LogP) is 5.72. The second kappa shape index (κ2) is 49.6. The van der Waals surface area contributed by atoms with E-state index in [0.717, 1.165) is 6.08 Å². The van der Waals surface area contributed by atoms with Crippen molar-refractivity contribution in [3.8, 4) is 23.0 Å². The minimum atomic E-state index is -1.62. The number of carbonyl (C=O) groups excluding carboxylic acids is 14. The minimum absolute atomic E-state index is 0.00321. The first-order chi connectivity index (χ1) is 61.4. The summed E-state index contributed by atoms with van der Waals surface area (Å²) in [6.07, 6.45) is -4.39. The highest BCUT2D eigenvalue weighted by molar-refractivity contribution is 6.08. The van der Waals surface area contributed by atoms with E-state index in [4.69, 9.17) is 52.5 Å². The number of ether oxygens (including phenoxy) is 10. The molecular weight excluding hydrogens is 1680 g/mol. The number of carboxylic acids is 1. The average molecular weight is 1790 g/mol. The van der Waals surface area contributed by atoms with Crippen LogP contribution in [-0.4, -0.2) is 273 Å². The van der Waals surface area contributed by atoms with Crippen LogP contribution in [0, 0.1) is 11.8 Å². The number of unbranched alkanes of at least 4 members (excludes halogenated alkanes) is 2. The second-order valence-corrected chi connectivity index (χ2v) is 31.6. The van der Waals surface area contributed by atoms with E-state index < -0.39 is 168 Å². The number of amides is 12. The van der Waals surface area contributed by atoms with E-state index in [1.54, 1.807) is 31.2 Å². The predicted molar refractivity (Wildman–Crippen MR) is 456 cm³/mol. The average Bonchev–Trinajstić information content (AvgIpc) is 1.58. The molecule has 9 N–H and O–H groups in total. The number of aliphatic carboxylic acids is 1. The van der Waals surface area contributed by atoms with Crippen molar-refractivity contribution in [3.05, 3.63) is 107 Å². The quantitative estimate of drug-likeness (QED) is 0.0232. The van der Waals surface area contributed by atoms with E-state index in [-0.39, 0.29) is 220 Å². The Labute approximate surface area is 738 Å². The summed E-state index contributed by atoms with van der Waals surface area (Å²) in [5.41, 5.74) is 1.38. The summed E-state index contributed by atoms with van der Waals surface area (Å²) in [4.78, 5) is 212. The Morgan fingerprint density at radius 3 is 1.58 bits per heavy atom. The van der Waals surface area contributed by atoms with Crippen LogP contribution in [0.2, 0.25) is 0 Å². The van der Waals surface area contributed by atoms with Crippen molar-refractivity contribution in [2.24, 2.45) is 11.8 Å². The van der Waals surface area contributed by atoms with Crippen molar-refractivity contribution in [1.29, 1.82) is 0 Å². The monoisotopic (exact) mass is 1790 g/mol. The van der Waals surface area contributed by atoms with E-state index in [2.05, 4.69) is 42.5 Å². The zero-order valence-corrected chi connectivity index (χ0v) is 72.8. The van der Waals surface area contributed by atoms with Crippen molar-refractivity contribution in [3.63, 3.8) is 0 Å².